The second-order valence-corrected chi connectivity index (χ2v) is 26.0. The van der Waals surface area contributed by atoms with Gasteiger partial charge in [-0.2, -0.15) is 19.9 Å². The zero-order valence-electron chi connectivity index (χ0n) is 51.8. The van der Waals surface area contributed by atoms with Gasteiger partial charge in [0.2, 0.25) is 17.7 Å². The van der Waals surface area contributed by atoms with Crippen molar-refractivity contribution >= 4 is 141 Å². The van der Waals surface area contributed by atoms with Crippen LogP contribution in [0.2, 0.25) is 0 Å². The molecule has 456 valence electrons. The van der Waals surface area contributed by atoms with Crippen LogP contribution < -0.4 is 11.4 Å². The van der Waals surface area contributed by atoms with Crippen molar-refractivity contribution in [2.24, 2.45) is 0 Å². The van der Waals surface area contributed by atoms with Crippen LogP contribution in [0, 0.1) is 0 Å². The molecule has 8 heterocycles. The number of thiophene rings is 1. The normalized spacial score (nSPS) is 12.2. The van der Waals surface area contributed by atoms with E-state index < -0.39 is 11.4 Å². The van der Waals surface area contributed by atoms with Gasteiger partial charge in [0.15, 0.2) is 5.65 Å². The van der Waals surface area contributed by atoms with E-state index in [0.29, 0.717) is 33.6 Å². The highest BCUT2D eigenvalue weighted by Crippen LogP contribution is 2.48. The summed E-state index contributed by atoms with van der Waals surface area (Å²) >= 11 is 1.75. The average molecular weight is 1270 g/mol. The Balaban J connectivity index is 0.682. The molecule has 0 saturated heterocycles. The van der Waals surface area contributed by atoms with E-state index in [-0.39, 0.29) is 17.7 Å². The predicted molar refractivity (Wildman–Crippen MR) is 398 cm³/mol. The molecule has 98 heavy (non-hydrogen) atoms. The summed E-state index contributed by atoms with van der Waals surface area (Å²) in [6, 6.07) is 98.0. The van der Waals surface area contributed by atoms with Crippen LogP contribution in [0.15, 0.2) is 295 Å². The first-order valence-electron chi connectivity index (χ1n) is 32.4. The van der Waals surface area contributed by atoms with Crippen LogP contribution in [-0.4, -0.2) is 52.4 Å². The molecule has 0 radical (unpaired) electrons. The van der Waals surface area contributed by atoms with E-state index in [0.717, 1.165) is 120 Å². The van der Waals surface area contributed by atoms with Crippen LogP contribution >= 0.6 is 11.3 Å². The number of nitrogens with zero attached hydrogens (tertiary/aromatic N) is 11. The lowest BCUT2D eigenvalue weighted by Gasteiger charge is -2.14. The highest BCUT2D eigenvalue weighted by Gasteiger charge is 2.26. The summed E-state index contributed by atoms with van der Waals surface area (Å²) in [6.45, 7) is 0. The number of rotatable bonds is 7. The molecule has 0 unspecified atom stereocenters. The van der Waals surface area contributed by atoms with E-state index in [1.54, 1.807) is 20.1 Å². The van der Waals surface area contributed by atoms with Gasteiger partial charge in [-0.1, -0.05) is 200 Å². The van der Waals surface area contributed by atoms with Gasteiger partial charge in [0.1, 0.15) is 5.69 Å². The molecule has 21 aromatic rings. The molecule has 0 saturated carbocycles. The third-order valence-electron chi connectivity index (χ3n) is 19.6. The summed E-state index contributed by atoms with van der Waals surface area (Å²) in [7, 11) is 0. The average Bonchev–Trinajstić information content (AvgIpc) is 1.50. The van der Waals surface area contributed by atoms with Gasteiger partial charge < -0.3 is 4.57 Å². The van der Waals surface area contributed by atoms with Crippen molar-refractivity contribution in [1.29, 1.82) is 0 Å². The van der Waals surface area contributed by atoms with E-state index in [1.165, 1.54) is 20.9 Å². The molecule has 0 N–H and O–H groups in total. The van der Waals surface area contributed by atoms with Crippen molar-refractivity contribution in [2.45, 2.75) is 0 Å². The van der Waals surface area contributed by atoms with Crippen molar-refractivity contribution < 1.29 is 0 Å². The molecular formula is C84H47N11O2S. The Hall–Kier alpha value is -13.3. The maximum absolute atomic E-state index is 15.1. The van der Waals surface area contributed by atoms with Crippen LogP contribution in [0.1, 0.15) is 0 Å². The van der Waals surface area contributed by atoms with E-state index in [2.05, 4.69) is 197 Å². The van der Waals surface area contributed by atoms with Crippen LogP contribution in [0.3, 0.4) is 0 Å². The second-order valence-electron chi connectivity index (χ2n) is 24.9. The van der Waals surface area contributed by atoms with Crippen molar-refractivity contribution in [3.63, 3.8) is 0 Å². The molecule has 0 fully saturated rings. The lowest BCUT2D eigenvalue weighted by atomic mass is 9.99. The topological polar surface area (TPSA) is 135 Å². The van der Waals surface area contributed by atoms with Crippen molar-refractivity contribution in [3.8, 4) is 62.4 Å². The lowest BCUT2D eigenvalue weighted by Crippen LogP contribution is -2.23. The minimum Gasteiger partial charge on any atom is -0.309 e. The molecule has 13 aromatic carbocycles. The monoisotopic (exact) mass is 1270 g/mol. The molecule has 0 spiro atoms. The fourth-order valence-electron chi connectivity index (χ4n) is 15.4. The van der Waals surface area contributed by atoms with E-state index in [4.69, 9.17) is 29.9 Å². The molecule has 13 nitrogen and oxygen atoms in total. The number of benzene rings is 13. The van der Waals surface area contributed by atoms with Gasteiger partial charge in [-0.15, -0.1) is 11.3 Å². The standard InChI is InChI=1S/C84H47N11O2S/c96-83-89-81(87-79-76(49-22-5-2-6-23-49)85-64-32-13-17-36-71(64)94(79)83)92-66-34-15-10-27-56(66)62-46-52(39-42-69(62)92)51-38-41-68-61(45-51)55-26-9-14-33-65(55)91(68)54-25-19-24-50(44-54)53-40-43-70-63(47-53)75(48-20-3-1-4-21-48)86-80-88-82(90-84(97)95(70)80)93-67-35-16-11-30-59(67)73-57-28-7-8-29-58(57)74-60-31-12-18-37-72(60)98-78(74)77(73)93/h1-47H. The molecule has 0 atom stereocenters. The minimum atomic E-state index is -0.477. The van der Waals surface area contributed by atoms with Crippen molar-refractivity contribution in [2.75, 3.05) is 0 Å². The predicted octanol–water partition coefficient (Wildman–Crippen LogP) is 19.1. The Morgan fingerprint density at radius 1 is 0.286 bits per heavy atom. The third kappa shape index (κ3) is 7.82. The first kappa shape index (κ1) is 54.1. The number of fused-ring (bicyclic) bond motifs is 22. The van der Waals surface area contributed by atoms with E-state index in [1.807, 2.05) is 102 Å². The largest absolute Gasteiger partial charge is 0.358 e. The number of para-hydroxylation sites is 5. The minimum absolute atomic E-state index is 0.250. The molecule has 8 aromatic heterocycles. The summed E-state index contributed by atoms with van der Waals surface area (Å²) in [5, 5.41) is 11.8. The molecular weight excluding hydrogens is 1230 g/mol. The highest BCUT2D eigenvalue weighted by molar-refractivity contribution is 7.27. The van der Waals surface area contributed by atoms with Crippen LogP contribution in [0.25, 0.3) is 192 Å². The summed E-state index contributed by atoms with van der Waals surface area (Å²) in [5.41, 5.74) is 15.3. The molecule has 14 heteroatoms. The molecule has 0 aliphatic carbocycles. The van der Waals surface area contributed by atoms with Gasteiger partial charge in [0.05, 0.1) is 60.0 Å². The third-order valence-corrected chi connectivity index (χ3v) is 20.8. The van der Waals surface area contributed by atoms with E-state index in [9.17, 15) is 4.79 Å². The molecule has 21 rings (SSSR count). The van der Waals surface area contributed by atoms with Crippen molar-refractivity contribution in [3.05, 3.63) is 306 Å². The summed E-state index contributed by atoms with van der Waals surface area (Å²) in [5.74, 6) is 0.780. The molecule has 0 bridgehead atoms. The van der Waals surface area contributed by atoms with Gasteiger partial charge >= 0.3 is 11.4 Å². The fraction of sp³-hybridized carbons (Fsp3) is 0. The molecule has 0 amide bonds. The Bertz CT molecular complexity index is 7190. The summed E-state index contributed by atoms with van der Waals surface area (Å²) in [6.07, 6.45) is 0. The van der Waals surface area contributed by atoms with Crippen LogP contribution in [0.5, 0.6) is 0 Å². The molecule has 0 aliphatic heterocycles. The zero-order valence-corrected chi connectivity index (χ0v) is 52.6. The first-order chi connectivity index (χ1) is 48.4. The molecule has 0 aliphatic rings. The first-order valence-corrected chi connectivity index (χ1v) is 33.2. The maximum Gasteiger partial charge on any atom is 0.358 e. The summed E-state index contributed by atoms with van der Waals surface area (Å²) in [4.78, 5) is 60.1. The Morgan fingerprint density at radius 3 is 1.47 bits per heavy atom. The van der Waals surface area contributed by atoms with Gasteiger partial charge in [0, 0.05) is 70.0 Å². The smallest absolute Gasteiger partial charge is 0.309 e. The number of hydrogen-bond acceptors (Lipinski definition) is 9. The number of aromatic nitrogens is 11. The van der Waals surface area contributed by atoms with Gasteiger partial charge in [-0.25, -0.2) is 28.4 Å². The fourth-order valence-corrected chi connectivity index (χ4v) is 16.6. The quantitative estimate of drug-likeness (QED) is 0.144. The van der Waals surface area contributed by atoms with Gasteiger partial charge in [0.25, 0.3) is 0 Å². The highest BCUT2D eigenvalue weighted by atomic mass is 32.1. The SMILES string of the molecule is O=c1nc(-n2c3ccccc3c3c4ccccc4c4c5ccccc5sc4c32)nc2nc(-c3ccccc3)c3cc(-c4cccc(-n5c6ccccc6c6cc(-c7ccc8c(c7)c7ccccc7n8-c7nc(=O)n8c(n7)c(-c7ccccc7)nc7ccccc78)ccc65)c4)ccc3n12. The van der Waals surface area contributed by atoms with E-state index >= 15 is 4.79 Å². The van der Waals surface area contributed by atoms with Crippen LogP contribution in [0.4, 0.5) is 0 Å². The van der Waals surface area contributed by atoms with Gasteiger partial charge in [-0.3, -0.25) is 9.13 Å². The second kappa shape index (κ2) is 20.6. The van der Waals surface area contributed by atoms with Crippen LogP contribution in [-0.2, 0) is 0 Å². The maximum atomic E-state index is 15.1. The Kier molecular flexibility index (Phi) is 11.4. The van der Waals surface area contributed by atoms with Crippen molar-refractivity contribution in [1.82, 2.24) is 52.4 Å². The lowest BCUT2D eigenvalue weighted by molar-refractivity contribution is 0.886. The number of hydrogen-bond donors (Lipinski definition) is 0. The Morgan fingerprint density at radius 2 is 0.776 bits per heavy atom. The Labute approximate surface area is 558 Å². The van der Waals surface area contributed by atoms with Gasteiger partial charge in [-0.05, 0) is 118 Å². The zero-order chi connectivity index (χ0) is 64.4. The summed E-state index contributed by atoms with van der Waals surface area (Å²) < 4.78 is 11.8.